The van der Waals surface area contributed by atoms with E-state index < -0.39 is 0 Å². The van der Waals surface area contributed by atoms with E-state index in [4.69, 9.17) is 5.73 Å². The second-order valence-electron chi connectivity index (χ2n) is 4.99. The summed E-state index contributed by atoms with van der Waals surface area (Å²) in [6.07, 6.45) is 3.70. The lowest BCUT2D eigenvalue weighted by molar-refractivity contribution is 0.0995. The molecule has 0 amide bonds. The van der Waals surface area contributed by atoms with Crippen molar-refractivity contribution >= 4 is 0 Å². The predicted molar refractivity (Wildman–Crippen MR) is 66.0 cm³/mol. The Balaban J connectivity index is 2.21. The highest BCUT2D eigenvalue weighted by Crippen LogP contribution is 2.08. The van der Waals surface area contributed by atoms with Gasteiger partial charge in [-0.2, -0.15) is 0 Å². The van der Waals surface area contributed by atoms with Crippen LogP contribution in [0.15, 0.2) is 0 Å². The van der Waals surface area contributed by atoms with E-state index in [1.165, 1.54) is 38.9 Å². The van der Waals surface area contributed by atoms with Gasteiger partial charge in [0.2, 0.25) is 0 Å². The molecule has 0 aromatic rings. The van der Waals surface area contributed by atoms with Crippen molar-refractivity contribution in [2.24, 2.45) is 5.73 Å². The van der Waals surface area contributed by atoms with Crippen molar-refractivity contribution in [1.29, 1.82) is 0 Å². The van der Waals surface area contributed by atoms with Crippen LogP contribution < -0.4 is 5.73 Å². The van der Waals surface area contributed by atoms with Gasteiger partial charge in [-0.05, 0) is 20.4 Å². The summed E-state index contributed by atoms with van der Waals surface area (Å²) in [7, 11) is 2.21. The molecule has 15 heavy (non-hydrogen) atoms. The quantitative estimate of drug-likeness (QED) is 0.743. The molecule has 1 fully saturated rings. The van der Waals surface area contributed by atoms with E-state index in [1.807, 2.05) is 0 Å². The number of hydrogen-bond donors (Lipinski definition) is 1. The van der Waals surface area contributed by atoms with Crippen LogP contribution in [0.25, 0.3) is 0 Å². The molecule has 2 atom stereocenters. The van der Waals surface area contributed by atoms with Crippen molar-refractivity contribution in [3.63, 3.8) is 0 Å². The zero-order valence-electron chi connectivity index (χ0n) is 10.6. The first-order valence-corrected chi connectivity index (χ1v) is 6.31. The fourth-order valence-electron chi connectivity index (χ4n) is 2.18. The van der Waals surface area contributed by atoms with Gasteiger partial charge < -0.3 is 10.6 Å². The van der Waals surface area contributed by atoms with Crippen LogP contribution in [0, 0.1) is 0 Å². The molecule has 0 aromatic carbocycles. The highest BCUT2D eigenvalue weighted by atomic mass is 15.3. The summed E-state index contributed by atoms with van der Waals surface area (Å²) in [5.41, 5.74) is 6.12. The zero-order chi connectivity index (χ0) is 11.3. The summed E-state index contributed by atoms with van der Waals surface area (Å²) >= 11 is 0. The minimum Gasteiger partial charge on any atom is -0.327 e. The number of rotatable bonds is 5. The highest BCUT2D eigenvalue weighted by molar-refractivity contribution is 4.79. The van der Waals surface area contributed by atoms with E-state index in [2.05, 4.69) is 30.7 Å². The van der Waals surface area contributed by atoms with Crippen LogP contribution in [0.2, 0.25) is 0 Å². The molecule has 0 spiro atoms. The molecule has 2 unspecified atom stereocenters. The molecule has 2 N–H and O–H groups in total. The fraction of sp³-hybridized carbons (Fsp3) is 1.00. The lowest BCUT2D eigenvalue weighted by Crippen LogP contribution is -2.52. The highest BCUT2D eigenvalue weighted by Gasteiger charge is 2.21. The summed E-state index contributed by atoms with van der Waals surface area (Å²) in [6, 6.07) is 1.05. The Morgan fingerprint density at radius 2 is 2.13 bits per heavy atom. The second-order valence-corrected chi connectivity index (χ2v) is 4.99. The molecule has 3 nitrogen and oxygen atoms in total. The van der Waals surface area contributed by atoms with Gasteiger partial charge in [0.1, 0.15) is 0 Å². The topological polar surface area (TPSA) is 32.5 Å². The van der Waals surface area contributed by atoms with E-state index in [0.717, 1.165) is 6.54 Å². The van der Waals surface area contributed by atoms with Crippen LogP contribution in [0.3, 0.4) is 0 Å². The third-order valence-corrected chi connectivity index (χ3v) is 3.46. The van der Waals surface area contributed by atoms with Crippen LogP contribution in [0.5, 0.6) is 0 Å². The van der Waals surface area contributed by atoms with Gasteiger partial charge in [-0.25, -0.2) is 0 Å². The molecule has 1 aliphatic rings. The van der Waals surface area contributed by atoms with Gasteiger partial charge in [0.05, 0.1) is 0 Å². The van der Waals surface area contributed by atoms with E-state index in [0.29, 0.717) is 12.1 Å². The number of piperazine rings is 1. The summed E-state index contributed by atoms with van der Waals surface area (Å²) < 4.78 is 0. The van der Waals surface area contributed by atoms with Gasteiger partial charge in [-0.15, -0.1) is 0 Å². The molecular formula is C12H27N3. The number of hydrogen-bond acceptors (Lipinski definition) is 3. The number of unbranched alkanes of at least 4 members (excludes halogenated alkanes) is 1. The SMILES string of the molecule is CCCCC(N)CN1CCN(C)C(C)C1. The Kier molecular flexibility index (Phi) is 5.58. The lowest BCUT2D eigenvalue weighted by atomic mass is 10.1. The first kappa shape index (κ1) is 12.9. The van der Waals surface area contributed by atoms with Crippen molar-refractivity contribution in [1.82, 2.24) is 9.80 Å². The molecule has 0 radical (unpaired) electrons. The number of likely N-dealkylation sites (N-methyl/N-ethyl adjacent to an activating group) is 1. The molecule has 0 aromatic heterocycles. The standard InChI is InChI=1S/C12H27N3/c1-4-5-6-12(13)10-15-8-7-14(3)11(2)9-15/h11-12H,4-10,13H2,1-3H3. The molecular weight excluding hydrogens is 186 g/mol. The van der Waals surface area contributed by atoms with Gasteiger partial charge in [0.15, 0.2) is 0 Å². The fourth-order valence-corrected chi connectivity index (χ4v) is 2.18. The molecule has 3 heteroatoms. The van der Waals surface area contributed by atoms with Gasteiger partial charge >= 0.3 is 0 Å². The molecule has 1 rings (SSSR count). The Bertz CT molecular complexity index is 172. The van der Waals surface area contributed by atoms with E-state index in [-0.39, 0.29) is 0 Å². The predicted octanol–water partition coefficient (Wildman–Crippen LogP) is 1.14. The average Bonchev–Trinajstić information content (AvgIpc) is 2.20. The normalized spacial score (nSPS) is 26.8. The first-order valence-electron chi connectivity index (χ1n) is 6.31. The van der Waals surface area contributed by atoms with Crippen LogP contribution in [-0.2, 0) is 0 Å². The van der Waals surface area contributed by atoms with Crippen molar-refractivity contribution in [3.8, 4) is 0 Å². The van der Waals surface area contributed by atoms with Crippen LogP contribution in [-0.4, -0.2) is 55.1 Å². The summed E-state index contributed by atoms with van der Waals surface area (Å²) in [4.78, 5) is 4.94. The molecule has 1 saturated heterocycles. The molecule has 1 heterocycles. The smallest absolute Gasteiger partial charge is 0.0192 e. The monoisotopic (exact) mass is 213 g/mol. The van der Waals surface area contributed by atoms with Crippen LogP contribution >= 0.6 is 0 Å². The maximum atomic E-state index is 6.12. The third-order valence-electron chi connectivity index (χ3n) is 3.46. The van der Waals surface area contributed by atoms with Gasteiger partial charge in [0, 0.05) is 38.3 Å². The first-order chi connectivity index (χ1) is 7.13. The maximum absolute atomic E-state index is 6.12. The Morgan fingerprint density at radius 1 is 1.40 bits per heavy atom. The Labute approximate surface area is 94.6 Å². The molecule has 0 bridgehead atoms. The van der Waals surface area contributed by atoms with Gasteiger partial charge in [-0.3, -0.25) is 4.90 Å². The average molecular weight is 213 g/mol. The maximum Gasteiger partial charge on any atom is 0.0192 e. The summed E-state index contributed by atoms with van der Waals surface area (Å²) in [5.74, 6) is 0. The summed E-state index contributed by atoms with van der Waals surface area (Å²) in [6.45, 7) is 9.14. The molecule has 1 aliphatic heterocycles. The Morgan fingerprint density at radius 3 is 2.73 bits per heavy atom. The van der Waals surface area contributed by atoms with E-state index >= 15 is 0 Å². The van der Waals surface area contributed by atoms with Crippen molar-refractivity contribution in [3.05, 3.63) is 0 Å². The minimum atomic E-state index is 0.376. The lowest BCUT2D eigenvalue weighted by Gasteiger charge is -2.38. The minimum absolute atomic E-state index is 0.376. The Hall–Kier alpha value is -0.120. The molecule has 0 saturated carbocycles. The molecule has 90 valence electrons. The second kappa shape index (κ2) is 6.46. The van der Waals surface area contributed by atoms with Crippen LogP contribution in [0.4, 0.5) is 0 Å². The number of nitrogens with zero attached hydrogens (tertiary/aromatic N) is 2. The molecule has 0 aliphatic carbocycles. The van der Waals surface area contributed by atoms with Crippen LogP contribution in [0.1, 0.15) is 33.1 Å². The number of nitrogens with two attached hydrogens (primary N) is 1. The van der Waals surface area contributed by atoms with Gasteiger partial charge in [0.25, 0.3) is 0 Å². The zero-order valence-corrected chi connectivity index (χ0v) is 10.6. The summed E-state index contributed by atoms with van der Waals surface area (Å²) in [5, 5.41) is 0. The third kappa shape index (κ3) is 4.49. The van der Waals surface area contributed by atoms with Crippen molar-refractivity contribution in [2.75, 3.05) is 33.2 Å². The largest absolute Gasteiger partial charge is 0.327 e. The van der Waals surface area contributed by atoms with Gasteiger partial charge in [-0.1, -0.05) is 19.8 Å². The van der Waals surface area contributed by atoms with Crippen molar-refractivity contribution in [2.45, 2.75) is 45.2 Å². The van der Waals surface area contributed by atoms with E-state index in [1.54, 1.807) is 0 Å². The van der Waals surface area contributed by atoms with E-state index in [9.17, 15) is 0 Å². The van der Waals surface area contributed by atoms with Crippen molar-refractivity contribution < 1.29 is 0 Å².